The highest BCUT2D eigenvalue weighted by molar-refractivity contribution is 5.75. The normalized spacial score (nSPS) is 22.1. The molecule has 8 nitrogen and oxygen atoms in total. The van der Waals surface area contributed by atoms with Gasteiger partial charge in [-0.15, -0.1) is 20.5 Å². The van der Waals surface area contributed by atoms with Gasteiger partial charge in [-0.1, -0.05) is 30.3 Å². The number of nitrogens with one attached hydrogen (secondary N) is 1. The van der Waals surface area contributed by atoms with E-state index < -0.39 is 5.79 Å². The van der Waals surface area contributed by atoms with Crippen molar-refractivity contribution >= 4 is 11.4 Å². The third-order valence-electron chi connectivity index (χ3n) is 2.75. The molecule has 3 rings (SSSR count). The minimum absolute atomic E-state index is 0.262. The van der Waals surface area contributed by atoms with Crippen molar-refractivity contribution in [3.63, 3.8) is 0 Å². The number of rotatable bonds is 3. The Morgan fingerprint density at radius 1 is 1.20 bits per heavy atom. The van der Waals surface area contributed by atoms with E-state index >= 15 is 0 Å². The summed E-state index contributed by atoms with van der Waals surface area (Å²) in [5, 5.41) is 31.5. The summed E-state index contributed by atoms with van der Waals surface area (Å²) in [6, 6.07) is 10.7. The standard InChI is InChI=1S/C12H11N7O/c13-12(18-16-9-6-7-14-15-9)10(11(20)17-19-12)8-4-2-1-3-5-8/h1-7,20H,13H2,(H,14,15)/t12-/m0/s1. The zero-order valence-electron chi connectivity index (χ0n) is 10.3. The topological polar surface area (TPSA) is 124 Å². The van der Waals surface area contributed by atoms with Gasteiger partial charge in [0.1, 0.15) is 0 Å². The molecule has 0 fully saturated rings. The number of aliphatic hydroxyl groups is 1. The molecule has 2 heterocycles. The van der Waals surface area contributed by atoms with Crippen LogP contribution in [0.2, 0.25) is 0 Å². The molecule has 0 saturated heterocycles. The zero-order valence-corrected chi connectivity index (χ0v) is 10.3. The van der Waals surface area contributed by atoms with Crippen molar-refractivity contribution in [2.45, 2.75) is 5.79 Å². The molecule has 100 valence electrons. The number of aliphatic hydroxyl groups excluding tert-OH is 1. The Morgan fingerprint density at radius 2 is 2.00 bits per heavy atom. The molecule has 0 amide bonds. The Kier molecular flexibility index (Phi) is 2.84. The van der Waals surface area contributed by atoms with Crippen molar-refractivity contribution in [1.82, 2.24) is 10.2 Å². The fraction of sp³-hybridized carbons (Fsp3) is 0.0833. The van der Waals surface area contributed by atoms with Crippen LogP contribution in [0.1, 0.15) is 5.56 Å². The van der Waals surface area contributed by atoms with Crippen molar-refractivity contribution in [1.29, 1.82) is 0 Å². The van der Waals surface area contributed by atoms with Gasteiger partial charge in [0.2, 0.25) is 5.88 Å². The van der Waals surface area contributed by atoms with E-state index in [9.17, 15) is 5.11 Å². The summed E-state index contributed by atoms with van der Waals surface area (Å²) < 4.78 is 0. The van der Waals surface area contributed by atoms with Gasteiger partial charge in [0.05, 0.1) is 11.8 Å². The molecule has 0 radical (unpaired) electrons. The molecule has 1 atom stereocenters. The first-order chi connectivity index (χ1) is 9.69. The molecule has 2 aromatic rings. The molecular weight excluding hydrogens is 258 g/mol. The fourth-order valence-electron chi connectivity index (χ4n) is 1.84. The molecule has 0 aliphatic carbocycles. The van der Waals surface area contributed by atoms with Gasteiger partial charge in [0.15, 0.2) is 5.82 Å². The highest BCUT2D eigenvalue weighted by Gasteiger charge is 2.39. The van der Waals surface area contributed by atoms with Gasteiger partial charge in [0.25, 0.3) is 5.79 Å². The predicted molar refractivity (Wildman–Crippen MR) is 70.9 cm³/mol. The lowest BCUT2D eigenvalue weighted by atomic mass is 10.0. The summed E-state index contributed by atoms with van der Waals surface area (Å²) in [7, 11) is 0. The molecule has 4 N–H and O–H groups in total. The van der Waals surface area contributed by atoms with Crippen molar-refractivity contribution in [3.8, 4) is 0 Å². The first-order valence-corrected chi connectivity index (χ1v) is 5.82. The summed E-state index contributed by atoms with van der Waals surface area (Å²) in [6.45, 7) is 0. The third-order valence-corrected chi connectivity index (χ3v) is 2.75. The molecule has 0 spiro atoms. The molecule has 1 aromatic carbocycles. The maximum absolute atomic E-state index is 9.85. The lowest BCUT2D eigenvalue weighted by Crippen LogP contribution is -2.34. The molecule has 20 heavy (non-hydrogen) atoms. The number of H-pyrrole nitrogens is 1. The molecular formula is C12H11N7O. The SMILES string of the molecule is N[C@@]1(N=Nc2ccn[nH]2)N=NC(O)=C1c1ccccc1. The second kappa shape index (κ2) is 4.67. The lowest BCUT2D eigenvalue weighted by molar-refractivity contribution is 0.408. The van der Waals surface area contributed by atoms with E-state index in [1.54, 1.807) is 24.4 Å². The molecule has 1 aliphatic heterocycles. The fourth-order valence-corrected chi connectivity index (χ4v) is 1.84. The van der Waals surface area contributed by atoms with Crippen LogP contribution < -0.4 is 5.73 Å². The first-order valence-electron chi connectivity index (χ1n) is 5.82. The minimum Gasteiger partial charge on any atom is -0.492 e. The first kappa shape index (κ1) is 12.2. The number of nitrogens with two attached hydrogens (primary N) is 1. The highest BCUT2D eigenvalue weighted by atomic mass is 16.3. The molecule has 0 bridgehead atoms. The largest absolute Gasteiger partial charge is 0.492 e. The summed E-state index contributed by atoms with van der Waals surface area (Å²) in [6.07, 6.45) is 1.54. The second-order valence-corrected chi connectivity index (χ2v) is 4.13. The van der Waals surface area contributed by atoms with E-state index in [-0.39, 0.29) is 5.88 Å². The number of benzene rings is 1. The molecule has 1 aliphatic rings. The predicted octanol–water partition coefficient (Wildman–Crippen LogP) is 2.50. The molecule has 0 saturated carbocycles. The van der Waals surface area contributed by atoms with Crippen LogP contribution in [0.4, 0.5) is 5.82 Å². The smallest absolute Gasteiger partial charge is 0.273 e. The number of hydrogen-bond acceptors (Lipinski definition) is 7. The van der Waals surface area contributed by atoms with Crippen LogP contribution in [0.15, 0.2) is 68.9 Å². The molecule has 8 heteroatoms. The third kappa shape index (κ3) is 2.08. The zero-order chi connectivity index (χ0) is 14.0. The Bertz CT molecular complexity index is 690. The van der Waals surface area contributed by atoms with E-state index in [2.05, 4.69) is 30.7 Å². The van der Waals surface area contributed by atoms with E-state index in [4.69, 9.17) is 5.73 Å². The number of hydrogen-bond donors (Lipinski definition) is 3. The van der Waals surface area contributed by atoms with Gasteiger partial charge in [0, 0.05) is 6.07 Å². The summed E-state index contributed by atoms with van der Waals surface area (Å²) in [4.78, 5) is 0. The summed E-state index contributed by atoms with van der Waals surface area (Å²) in [5.74, 6) is -1.37. The van der Waals surface area contributed by atoms with Crippen LogP contribution in [-0.4, -0.2) is 21.1 Å². The molecule has 0 unspecified atom stereocenters. The van der Waals surface area contributed by atoms with E-state index in [1.807, 2.05) is 18.2 Å². The Morgan fingerprint density at radius 3 is 2.70 bits per heavy atom. The summed E-state index contributed by atoms with van der Waals surface area (Å²) in [5.41, 5.74) is 7.06. The van der Waals surface area contributed by atoms with Gasteiger partial charge in [-0.05, 0) is 5.56 Å². The van der Waals surface area contributed by atoms with Crippen LogP contribution >= 0.6 is 0 Å². The number of aromatic nitrogens is 2. The Balaban J connectivity index is 1.98. The van der Waals surface area contributed by atoms with Crippen LogP contribution in [0.3, 0.4) is 0 Å². The monoisotopic (exact) mass is 269 g/mol. The van der Waals surface area contributed by atoms with E-state index in [0.717, 1.165) is 0 Å². The van der Waals surface area contributed by atoms with Gasteiger partial charge in [-0.3, -0.25) is 10.8 Å². The highest BCUT2D eigenvalue weighted by Crippen LogP contribution is 2.36. The van der Waals surface area contributed by atoms with Crippen molar-refractivity contribution in [3.05, 3.63) is 54.0 Å². The maximum Gasteiger partial charge on any atom is 0.273 e. The average molecular weight is 269 g/mol. The van der Waals surface area contributed by atoms with Crippen molar-refractivity contribution in [2.75, 3.05) is 0 Å². The van der Waals surface area contributed by atoms with Crippen molar-refractivity contribution in [2.24, 2.45) is 26.2 Å². The van der Waals surface area contributed by atoms with Gasteiger partial charge >= 0.3 is 0 Å². The summed E-state index contributed by atoms with van der Waals surface area (Å²) >= 11 is 0. The van der Waals surface area contributed by atoms with Gasteiger partial charge in [-0.25, -0.2) is 0 Å². The van der Waals surface area contributed by atoms with Gasteiger partial charge in [-0.2, -0.15) is 5.10 Å². The van der Waals surface area contributed by atoms with Crippen LogP contribution in [0, 0.1) is 0 Å². The number of nitrogens with zero attached hydrogens (tertiary/aromatic N) is 5. The molecule has 1 aromatic heterocycles. The second-order valence-electron chi connectivity index (χ2n) is 4.13. The van der Waals surface area contributed by atoms with Gasteiger partial charge < -0.3 is 5.11 Å². The van der Waals surface area contributed by atoms with E-state index in [0.29, 0.717) is 17.0 Å². The van der Waals surface area contributed by atoms with E-state index in [1.165, 1.54) is 0 Å². The average Bonchev–Trinajstić information content (AvgIpc) is 3.07. The Hall–Kier alpha value is -2.87. The number of azo groups is 2. The van der Waals surface area contributed by atoms with Crippen LogP contribution in [0.25, 0.3) is 5.57 Å². The lowest BCUT2D eigenvalue weighted by Gasteiger charge is -2.16. The quantitative estimate of drug-likeness (QED) is 0.741. The van der Waals surface area contributed by atoms with Crippen LogP contribution in [-0.2, 0) is 0 Å². The minimum atomic E-state index is -1.55. The van der Waals surface area contributed by atoms with Crippen molar-refractivity contribution < 1.29 is 5.11 Å². The van der Waals surface area contributed by atoms with Crippen LogP contribution in [0.5, 0.6) is 0 Å². The number of aromatic amines is 1. The Labute approximate surface area is 113 Å². The maximum atomic E-state index is 9.85.